The van der Waals surface area contributed by atoms with E-state index in [0.717, 1.165) is 0 Å². The van der Waals surface area contributed by atoms with Gasteiger partial charge < -0.3 is 30.0 Å². The second-order valence-corrected chi connectivity index (χ2v) is 3.88. The smallest absolute Gasteiger partial charge is 0.393 e. The summed E-state index contributed by atoms with van der Waals surface area (Å²) < 4.78 is 9.73. The average Bonchev–Trinajstić information content (AvgIpc) is 2.54. The number of H-pyrrole nitrogens is 1. The Balaban J connectivity index is 0.000000425. The van der Waals surface area contributed by atoms with E-state index in [1.165, 1.54) is 32.4 Å². The van der Waals surface area contributed by atoms with Crippen molar-refractivity contribution in [2.45, 2.75) is 0 Å². The molecule has 0 fully saturated rings. The minimum atomic E-state index is -1.49. The lowest BCUT2D eigenvalue weighted by atomic mass is 10.3. The molecule has 0 aliphatic carbocycles. The van der Waals surface area contributed by atoms with Crippen LogP contribution in [0, 0.1) is 0 Å². The molecule has 6 N–H and O–H groups in total. The lowest BCUT2D eigenvalue weighted by Crippen LogP contribution is -2.24. The van der Waals surface area contributed by atoms with Crippen molar-refractivity contribution < 1.29 is 39.7 Å². The monoisotopic (exact) mass is 340 g/mol. The first-order valence-electron chi connectivity index (χ1n) is 6.07. The van der Waals surface area contributed by atoms with E-state index in [9.17, 15) is 14.7 Å². The van der Waals surface area contributed by atoms with Crippen LogP contribution in [0.3, 0.4) is 0 Å². The first-order chi connectivity index (χ1) is 10.9. The lowest BCUT2D eigenvalue weighted by Gasteiger charge is -2.00. The largest absolute Gasteiger partial charge is 0.543 e. The molecule has 0 amide bonds. The van der Waals surface area contributed by atoms with Crippen LogP contribution in [-0.2, 0) is 0 Å². The fraction of sp³-hybridized carbons (Fsp3) is 0.154. The van der Waals surface area contributed by atoms with Crippen molar-refractivity contribution in [1.29, 1.82) is 0 Å². The summed E-state index contributed by atoms with van der Waals surface area (Å²) in [5, 5.41) is 18.6. The highest BCUT2D eigenvalue weighted by atomic mass is 16.5. The van der Waals surface area contributed by atoms with Gasteiger partial charge in [-0.25, -0.2) is 14.8 Å². The molecule has 2 rings (SSSR count). The van der Waals surface area contributed by atoms with Gasteiger partial charge in [-0.05, 0) is 17.1 Å². The van der Waals surface area contributed by atoms with Crippen molar-refractivity contribution in [3.8, 4) is 11.8 Å². The lowest BCUT2D eigenvalue weighted by molar-refractivity contribution is -0.380. The number of carbonyl (C=O) groups is 2. The number of hydrogen-bond donors (Lipinski definition) is 2. The number of ether oxygens (including phenoxy) is 2. The predicted molar refractivity (Wildman–Crippen MR) is 77.4 cm³/mol. The maximum Gasteiger partial charge on any atom is 0.393 e. The van der Waals surface area contributed by atoms with Crippen LogP contribution in [0.25, 0.3) is 0 Å². The number of nitrogen functional groups attached to an aromatic ring is 1. The van der Waals surface area contributed by atoms with Gasteiger partial charge in [-0.2, -0.15) is 0 Å². The van der Waals surface area contributed by atoms with E-state index in [4.69, 9.17) is 20.3 Å². The number of nitrogens with one attached hydrogen (secondary N) is 1. The molecule has 0 unspecified atom stereocenters. The highest BCUT2D eigenvalue weighted by molar-refractivity contribution is 5.88. The number of carboxylic acid groups (broad SMARTS) is 2. The van der Waals surface area contributed by atoms with Gasteiger partial charge in [-0.3, -0.25) is 5.73 Å². The molecular formula is C13H16N4O7. The number of methoxy groups -OCH3 is 2. The van der Waals surface area contributed by atoms with Crippen LogP contribution in [0.2, 0.25) is 0 Å². The van der Waals surface area contributed by atoms with Gasteiger partial charge in [-0.1, -0.05) is 6.07 Å². The zero-order chi connectivity index (χ0) is 17.4. The molecule has 0 aromatic carbocycles. The Kier molecular flexibility index (Phi) is 8.15. The van der Waals surface area contributed by atoms with Crippen molar-refractivity contribution in [3.05, 3.63) is 35.7 Å². The summed E-state index contributed by atoms with van der Waals surface area (Å²) in [6, 6.07) is 5.27. The number of carbonyl (C=O) groups excluding carboxylic acids is 1. The van der Waals surface area contributed by atoms with Crippen LogP contribution in [0.4, 0.5) is 5.95 Å². The number of carboxylic acids is 2. The Labute approximate surface area is 136 Å². The van der Waals surface area contributed by atoms with Gasteiger partial charge in [0.05, 0.1) is 31.9 Å². The fourth-order valence-electron chi connectivity index (χ4n) is 1.34. The summed E-state index contributed by atoms with van der Waals surface area (Å²) in [4.78, 5) is 30.3. The SMILES string of the molecule is COc1cc(OC)[nH+]c(N)n1.O.O=C([O-])c1cccc(C(=O)O)n1. The molecule has 0 aliphatic rings. The minimum absolute atomic E-state index is 0. The van der Waals surface area contributed by atoms with Gasteiger partial charge >= 0.3 is 11.9 Å². The third-order valence-electron chi connectivity index (χ3n) is 2.34. The third-order valence-corrected chi connectivity index (χ3v) is 2.34. The van der Waals surface area contributed by atoms with Gasteiger partial charge in [-0.15, -0.1) is 0 Å². The Morgan fingerprint density at radius 2 is 1.83 bits per heavy atom. The third kappa shape index (κ3) is 6.11. The molecule has 11 heteroatoms. The van der Waals surface area contributed by atoms with Gasteiger partial charge in [0, 0.05) is 0 Å². The molecule has 2 aromatic heterocycles. The Hall–Kier alpha value is -3.47. The highest BCUT2D eigenvalue weighted by Crippen LogP contribution is 2.10. The molecule has 0 saturated carbocycles. The van der Waals surface area contributed by atoms with Crippen LogP contribution in [0.15, 0.2) is 24.3 Å². The fourth-order valence-corrected chi connectivity index (χ4v) is 1.34. The summed E-state index contributed by atoms with van der Waals surface area (Å²) in [5.74, 6) is -1.54. The summed E-state index contributed by atoms with van der Waals surface area (Å²) in [5.41, 5.74) is 4.70. The van der Waals surface area contributed by atoms with Crippen molar-refractivity contribution in [1.82, 2.24) is 9.97 Å². The van der Waals surface area contributed by atoms with E-state index in [0.29, 0.717) is 11.8 Å². The number of aromatic nitrogens is 3. The molecule has 0 radical (unpaired) electrons. The molecular weight excluding hydrogens is 324 g/mol. The molecule has 0 bridgehead atoms. The molecule has 0 aliphatic heterocycles. The quantitative estimate of drug-likeness (QED) is 0.621. The minimum Gasteiger partial charge on any atom is -0.543 e. The van der Waals surface area contributed by atoms with Crippen molar-refractivity contribution in [2.75, 3.05) is 20.0 Å². The molecule has 0 saturated heterocycles. The Morgan fingerprint density at radius 1 is 1.21 bits per heavy atom. The van der Waals surface area contributed by atoms with Crippen LogP contribution >= 0.6 is 0 Å². The van der Waals surface area contributed by atoms with Crippen LogP contribution < -0.4 is 25.3 Å². The van der Waals surface area contributed by atoms with Crippen molar-refractivity contribution >= 4 is 17.9 Å². The first kappa shape index (κ1) is 20.5. The number of aromatic amines is 1. The topological polar surface area (TPSA) is 193 Å². The maximum absolute atomic E-state index is 10.3. The van der Waals surface area contributed by atoms with Gasteiger partial charge in [0.15, 0.2) is 0 Å². The van der Waals surface area contributed by atoms with Gasteiger partial charge in [0.1, 0.15) is 5.69 Å². The number of rotatable bonds is 4. The zero-order valence-electron chi connectivity index (χ0n) is 12.8. The number of anilines is 1. The summed E-state index contributed by atoms with van der Waals surface area (Å²) in [6.45, 7) is 0. The molecule has 11 nitrogen and oxygen atoms in total. The molecule has 2 heterocycles. The normalized spacial score (nSPS) is 8.92. The summed E-state index contributed by atoms with van der Waals surface area (Å²) in [6.07, 6.45) is 0. The number of nitrogens with zero attached hydrogens (tertiary/aromatic N) is 2. The molecule has 0 atom stereocenters. The zero-order valence-corrected chi connectivity index (χ0v) is 12.8. The number of pyridine rings is 1. The van der Waals surface area contributed by atoms with E-state index in [-0.39, 0.29) is 22.8 Å². The summed E-state index contributed by atoms with van der Waals surface area (Å²) >= 11 is 0. The standard InChI is InChI=1S/C7H5NO4.C6H9N3O2.H2O/c9-6(10)4-2-1-3-5(8-4)7(11)12;1-10-4-3-5(11-2)9-6(7)8-4;/h1-3H,(H,9,10)(H,11,12);3H,1-2H3,(H2,7,8,9);1H2. The maximum atomic E-state index is 10.3. The number of hydrogen-bond acceptors (Lipinski definition) is 8. The van der Waals surface area contributed by atoms with Crippen LogP contribution in [0.5, 0.6) is 11.8 Å². The van der Waals surface area contributed by atoms with Crippen molar-refractivity contribution in [2.24, 2.45) is 0 Å². The summed E-state index contributed by atoms with van der Waals surface area (Å²) in [7, 11) is 3.05. The predicted octanol–water partition coefficient (Wildman–Crippen LogP) is -2.19. The van der Waals surface area contributed by atoms with E-state index in [2.05, 4.69) is 15.0 Å². The van der Waals surface area contributed by atoms with Crippen molar-refractivity contribution in [3.63, 3.8) is 0 Å². The Morgan fingerprint density at radius 3 is 2.33 bits per heavy atom. The van der Waals surface area contributed by atoms with Crippen LogP contribution in [0.1, 0.15) is 21.0 Å². The second-order valence-electron chi connectivity index (χ2n) is 3.88. The molecule has 24 heavy (non-hydrogen) atoms. The number of aromatic carboxylic acids is 2. The number of nitrogens with two attached hydrogens (primary N) is 1. The van der Waals surface area contributed by atoms with E-state index in [1.54, 1.807) is 6.07 Å². The van der Waals surface area contributed by atoms with E-state index < -0.39 is 11.9 Å². The first-order valence-corrected chi connectivity index (χ1v) is 6.07. The molecule has 0 spiro atoms. The molecule has 130 valence electrons. The second kappa shape index (κ2) is 9.53. The average molecular weight is 340 g/mol. The van der Waals surface area contributed by atoms with Gasteiger partial charge in [0.2, 0.25) is 0 Å². The van der Waals surface area contributed by atoms with Crippen LogP contribution in [-0.4, -0.2) is 46.7 Å². The van der Waals surface area contributed by atoms with Gasteiger partial charge in [0.25, 0.3) is 11.8 Å². The van der Waals surface area contributed by atoms with E-state index >= 15 is 0 Å². The molecule has 2 aromatic rings. The highest BCUT2D eigenvalue weighted by Gasteiger charge is 2.07. The Bertz CT molecular complexity index is 657. The van der Waals surface area contributed by atoms with E-state index in [1.807, 2.05) is 0 Å².